The van der Waals surface area contributed by atoms with Crippen molar-refractivity contribution in [1.29, 1.82) is 0 Å². The molecular weight excluding hydrogens is 276 g/mol. The number of aliphatic hydroxyl groups is 2. The van der Waals surface area contributed by atoms with Crippen LogP contribution in [0.15, 0.2) is 0 Å². The van der Waals surface area contributed by atoms with E-state index in [2.05, 4.69) is 0 Å². The van der Waals surface area contributed by atoms with Gasteiger partial charge in [0.25, 0.3) is 0 Å². The molecule has 0 aliphatic carbocycles. The number of ether oxygens (including phenoxy) is 4. The molecule has 2 N–H and O–H groups in total. The van der Waals surface area contributed by atoms with Crippen LogP contribution < -0.4 is 0 Å². The maximum atomic E-state index is 10.3. The zero-order chi connectivity index (χ0) is 16.2. The molecule has 5 atom stereocenters. The first-order valence-electron chi connectivity index (χ1n) is 7.66. The van der Waals surface area contributed by atoms with Gasteiger partial charge in [-0.2, -0.15) is 0 Å². The molecular formula is C15H30O6. The Morgan fingerprint density at radius 2 is 1.43 bits per heavy atom. The zero-order valence-electron chi connectivity index (χ0n) is 13.9. The van der Waals surface area contributed by atoms with E-state index in [1.165, 1.54) is 0 Å². The molecule has 1 heterocycles. The minimum Gasteiger partial charge on any atom is -0.387 e. The van der Waals surface area contributed by atoms with Crippen molar-refractivity contribution in [2.45, 2.75) is 90.6 Å². The quantitative estimate of drug-likeness (QED) is 0.733. The fraction of sp³-hybridized carbons (Fsp3) is 1.00. The number of rotatable bonds is 7. The predicted molar refractivity (Wildman–Crippen MR) is 78.0 cm³/mol. The molecule has 0 amide bonds. The van der Waals surface area contributed by atoms with Gasteiger partial charge in [-0.3, -0.25) is 0 Å². The smallest absolute Gasteiger partial charge is 0.187 e. The molecule has 0 spiro atoms. The van der Waals surface area contributed by atoms with E-state index in [0.717, 1.165) is 0 Å². The summed E-state index contributed by atoms with van der Waals surface area (Å²) in [4.78, 5) is 0. The highest BCUT2D eigenvalue weighted by Gasteiger charge is 2.46. The van der Waals surface area contributed by atoms with Gasteiger partial charge in [0.2, 0.25) is 0 Å². The van der Waals surface area contributed by atoms with Crippen LogP contribution in [0.4, 0.5) is 0 Å². The second-order valence-corrected chi connectivity index (χ2v) is 6.24. The van der Waals surface area contributed by atoms with Crippen LogP contribution in [0.1, 0.15) is 41.5 Å². The maximum Gasteiger partial charge on any atom is 0.187 e. The molecule has 126 valence electrons. The van der Waals surface area contributed by atoms with Crippen molar-refractivity contribution in [3.8, 4) is 0 Å². The first-order chi connectivity index (χ1) is 9.72. The van der Waals surface area contributed by atoms with E-state index in [4.69, 9.17) is 18.9 Å². The Hall–Kier alpha value is -0.240. The normalized spacial score (nSPS) is 34.1. The van der Waals surface area contributed by atoms with Crippen LogP contribution in [0.3, 0.4) is 0 Å². The molecule has 0 saturated carbocycles. The van der Waals surface area contributed by atoms with Crippen LogP contribution >= 0.6 is 0 Å². The Morgan fingerprint density at radius 3 is 1.90 bits per heavy atom. The summed E-state index contributed by atoms with van der Waals surface area (Å²) in [5.41, 5.74) is 0. The third kappa shape index (κ3) is 5.81. The average molecular weight is 306 g/mol. The van der Waals surface area contributed by atoms with E-state index in [-0.39, 0.29) is 24.9 Å². The summed E-state index contributed by atoms with van der Waals surface area (Å²) < 4.78 is 22.6. The summed E-state index contributed by atoms with van der Waals surface area (Å²) in [5.74, 6) is 0. The van der Waals surface area contributed by atoms with E-state index in [1.54, 1.807) is 0 Å². The van der Waals surface area contributed by atoms with Gasteiger partial charge in [0.05, 0.1) is 24.9 Å². The van der Waals surface area contributed by atoms with Gasteiger partial charge in [0.15, 0.2) is 6.29 Å². The molecule has 1 aliphatic rings. The minimum atomic E-state index is -1.08. The average Bonchev–Trinajstić information content (AvgIpc) is 2.35. The molecule has 0 aromatic rings. The summed E-state index contributed by atoms with van der Waals surface area (Å²) >= 11 is 0. The Bertz CT molecular complexity index is 292. The second-order valence-electron chi connectivity index (χ2n) is 6.24. The summed E-state index contributed by atoms with van der Waals surface area (Å²) in [6, 6.07) is 0. The highest BCUT2D eigenvalue weighted by Crippen LogP contribution is 2.26. The highest BCUT2D eigenvalue weighted by atomic mass is 16.7. The van der Waals surface area contributed by atoms with Crippen molar-refractivity contribution < 1.29 is 29.2 Å². The van der Waals surface area contributed by atoms with Crippen LogP contribution in [0.5, 0.6) is 0 Å². The number of hydrogen-bond donors (Lipinski definition) is 2. The van der Waals surface area contributed by atoms with E-state index in [1.807, 2.05) is 41.5 Å². The molecule has 0 aromatic heterocycles. The number of hydrogen-bond acceptors (Lipinski definition) is 6. The first kappa shape index (κ1) is 18.8. The molecule has 0 aromatic carbocycles. The van der Waals surface area contributed by atoms with Gasteiger partial charge in [-0.15, -0.1) is 0 Å². The van der Waals surface area contributed by atoms with Crippen molar-refractivity contribution in [1.82, 2.24) is 0 Å². The molecule has 6 nitrogen and oxygen atoms in total. The van der Waals surface area contributed by atoms with Crippen molar-refractivity contribution in [3.63, 3.8) is 0 Å². The van der Waals surface area contributed by atoms with Gasteiger partial charge in [-0.05, 0) is 41.5 Å². The molecule has 1 fully saturated rings. The molecule has 21 heavy (non-hydrogen) atoms. The zero-order valence-corrected chi connectivity index (χ0v) is 13.9. The van der Waals surface area contributed by atoms with E-state index < -0.39 is 30.7 Å². The van der Waals surface area contributed by atoms with Gasteiger partial charge >= 0.3 is 0 Å². The Labute approximate surface area is 127 Å². The Kier molecular flexibility index (Phi) is 7.53. The topological polar surface area (TPSA) is 77.4 Å². The van der Waals surface area contributed by atoms with E-state index in [9.17, 15) is 10.2 Å². The van der Waals surface area contributed by atoms with Gasteiger partial charge in [0, 0.05) is 0 Å². The first-order valence-corrected chi connectivity index (χ1v) is 7.66. The molecule has 6 heteroatoms. The molecule has 0 bridgehead atoms. The standard InChI is InChI=1S/C15H30O6/c1-8(2)18-7-11-12(16)13(17)14(19-9(3)4)15(21-11)20-10(5)6/h8-17H,7H2,1-6H3. The maximum absolute atomic E-state index is 10.3. The summed E-state index contributed by atoms with van der Waals surface area (Å²) in [6.45, 7) is 11.5. The Balaban J connectivity index is 2.77. The second kappa shape index (κ2) is 8.41. The van der Waals surface area contributed by atoms with Crippen LogP contribution in [-0.4, -0.2) is 65.8 Å². The number of aliphatic hydroxyl groups excluding tert-OH is 2. The van der Waals surface area contributed by atoms with Crippen LogP contribution in [-0.2, 0) is 18.9 Å². The van der Waals surface area contributed by atoms with Crippen molar-refractivity contribution >= 4 is 0 Å². The SMILES string of the molecule is CC(C)OCC1OC(OC(C)C)C(OC(C)C)C(O)C1O. The fourth-order valence-corrected chi connectivity index (χ4v) is 2.17. The molecule has 0 radical (unpaired) electrons. The molecule has 1 saturated heterocycles. The highest BCUT2D eigenvalue weighted by molar-refractivity contribution is 4.90. The largest absolute Gasteiger partial charge is 0.387 e. The van der Waals surface area contributed by atoms with Gasteiger partial charge in [-0.1, -0.05) is 0 Å². The van der Waals surface area contributed by atoms with Crippen molar-refractivity contribution in [2.24, 2.45) is 0 Å². The molecule has 1 aliphatic heterocycles. The lowest BCUT2D eigenvalue weighted by Gasteiger charge is -2.43. The summed E-state index contributed by atoms with van der Waals surface area (Å²) in [7, 11) is 0. The minimum absolute atomic E-state index is 0.0204. The Morgan fingerprint density at radius 1 is 0.857 bits per heavy atom. The van der Waals surface area contributed by atoms with Crippen LogP contribution in [0.25, 0.3) is 0 Å². The summed E-state index contributed by atoms with van der Waals surface area (Å²) in [6.07, 6.45) is -4.41. The van der Waals surface area contributed by atoms with Gasteiger partial charge in [0.1, 0.15) is 24.4 Å². The van der Waals surface area contributed by atoms with E-state index in [0.29, 0.717) is 0 Å². The molecule has 5 unspecified atom stereocenters. The van der Waals surface area contributed by atoms with Crippen molar-refractivity contribution in [2.75, 3.05) is 6.61 Å². The third-order valence-electron chi connectivity index (χ3n) is 3.07. The lowest BCUT2D eigenvalue weighted by Crippen LogP contribution is -2.61. The van der Waals surface area contributed by atoms with Crippen molar-refractivity contribution in [3.05, 3.63) is 0 Å². The van der Waals surface area contributed by atoms with Gasteiger partial charge in [-0.25, -0.2) is 0 Å². The lowest BCUT2D eigenvalue weighted by molar-refractivity contribution is -0.323. The van der Waals surface area contributed by atoms with Crippen LogP contribution in [0.2, 0.25) is 0 Å². The van der Waals surface area contributed by atoms with Gasteiger partial charge < -0.3 is 29.2 Å². The molecule has 1 rings (SSSR count). The lowest BCUT2D eigenvalue weighted by atomic mass is 9.99. The predicted octanol–water partition coefficient (Wildman–Crippen LogP) is 1.08. The van der Waals surface area contributed by atoms with E-state index >= 15 is 0 Å². The van der Waals surface area contributed by atoms with Crippen LogP contribution in [0, 0.1) is 0 Å². The monoisotopic (exact) mass is 306 g/mol. The third-order valence-corrected chi connectivity index (χ3v) is 3.07. The fourth-order valence-electron chi connectivity index (χ4n) is 2.17. The summed E-state index contributed by atoms with van der Waals surface area (Å²) in [5, 5.41) is 20.5.